The summed E-state index contributed by atoms with van der Waals surface area (Å²) in [4.78, 5) is 29.5. The summed E-state index contributed by atoms with van der Waals surface area (Å²) >= 11 is 1.67. The molecule has 6 nitrogen and oxygen atoms in total. The molecule has 0 spiro atoms. The fourth-order valence-electron chi connectivity index (χ4n) is 4.10. The maximum atomic E-state index is 12.7. The summed E-state index contributed by atoms with van der Waals surface area (Å²) in [6.07, 6.45) is 4.55. The van der Waals surface area contributed by atoms with E-state index in [2.05, 4.69) is 46.2 Å². The van der Waals surface area contributed by atoms with Crippen LogP contribution in [0.1, 0.15) is 61.5 Å². The van der Waals surface area contributed by atoms with E-state index in [1.165, 1.54) is 18.4 Å². The van der Waals surface area contributed by atoms with Crippen LogP contribution < -0.4 is 10.6 Å². The van der Waals surface area contributed by atoms with Gasteiger partial charge in [0.2, 0.25) is 0 Å². The van der Waals surface area contributed by atoms with E-state index in [9.17, 15) is 9.59 Å². The van der Waals surface area contributed by atoms with Crippen LogP contribution in [0.3, 0.4) is 0 Å². The van der Waals surface area contributed by atoms with Gasteiger partial charge in [-0.25, -0.2) is 4.79 Å². The minimum Gasteiger partial charge on any atom is -0.339 e. The van der Waals surface area contributed by atoms with Crippen molar-refractivity contribution in [2.24, 2.45) is 0 Å². The van der Waals surface area contributed by atoms with Gasteiger partial charge < -0.3 is 15.5 Å². The summed E-state index contributed by atoms with van der Waals surface area (Å²) in [7, 11) is 0. The van der Waals surface area contributed by atoms with E-state index in [0.717, 1.165) is 39.0 Å². The van der Waals surface area contributed by atoms with Crippen LogP contribution in [0, 0.1) is 0 Å². The molecule has 2 N–H and O–H groups in total. The highest BCUT2D eigenvalue weighted by atomic mass is 32.1. The number of carbonyl (C=O) groups is 2. The highest BCUT2D eigenvalue weighted by Crippen LogP contribution is 2.22. The van der Waals surface area contributed by atoms with Crippen molar-refractivity contribution < 1.29 is 9.59 Å². The normalized spacial score (nSPS) is 15.4. The number of likely N-dealkylation sites (tertiary alicyclic amines) is 1. The molecule has 168 valence electrons. The van der Waals surface area contributed by atoms with Gasteiger partial charge in [0.15, 0.2) is 0 Å². The zero-order chi connectivity index (χ0) is 22.1. The average Bonchev–Trinajstić information content (AvgIpc) is 3.18. The van der Waals surface area contributed by atoms with Crippen molar-refractivity contribution in [1.82, 2.24) is 15.1 Å². The second-order valence-corrected chi connectivity index (χ2v) is 8.69. The lowest BCUT2D eigenvalue weighted by Gasteiger charge is -2.29. The van der Waals surface area contributed by atoms with Gasteiger partial charge in [0, 0.05) is 30.9 Å². The maximum Gasteiger partial charge on any atom is 0.319 e. The van der Waals surface area contributed by atoms with Gasteiger partial charge in [0.05, 0.1) is 6.04 Å². The molecule has 1 atom stereocenters. The number of urea groups is 1. The van der Waals surface area contributed by atoms with Gasteiger partial charge in [-0.3, -0.25) is 9.69 Å². The van der Waals surface area contributed by atoms with Crippen LogP contribution in [0.4, 0.5) is 10.5 Å². The molecular formula is C24H34N4O2S. The summed E-state index contributed by atoms with van der Waals surface area (Å²) in [5.41, 5.74) is 2.58. The predicted molar refractivity (Wildman–Crippen MR) is 128 cm³/mol. The van der Waals surface area contributed by atoms with Gasteiger partial charge in [0.1, 0.15) is 0 Å². The largest absolute Gasteiger partial charge is 0.339 e. The Kier molecular flexibility index (Phi) is 8.91. The Morgan fingerprint density at radius 2 is 1.71 bits per heavy atom. The fraction of sp³-hybridized carbons (Fsp3) is 0.500. The number of anilines is 1. The summed E-state index contributed by atoms with van der Waals surface area (Å²) in [6.45, 7) is 8.32. The van der Waals surface area contributed by atoms with Crippen LogP contribution in [-0.2, 0) is 0 Å². The van der Waals surface area contributed by atoms with Crippen LogP contribution in [0.5, 0.6) is 0 Å². The number of nitrogens with one attached hydrogen (secondary N) is 2. The summed E-state index contributed by atoms with van der Waals surface area (Å²) in [6, 6.07) is 9.23. The lowest BCUT2D eigenvalue weighted by molar-refractivity contribution is 0.0761. The minimum atomic E-state index is -0.237. The Balaban J connectivity index is 1.54. The topological polar surface area (TPSA) is 64.7 Å². The van der Waals surface area contributed by atoms with Gasteiger partial charge in [-0.05, 0) is 72.6 Å². The quantitative estimate of drug-likeness (QED) is 0.607. The Morgan fingerprint density at radius 1 is 1.03 bits per heavy atom. The van der Waals surface area contributed by atoms with Crippen LogP contribution in [0.25, 0.3) is 0 Å². The monoisotopic (exact) mass is 442 g/mol. The van der Waals surface area contributed by atoms with Crippen molar-refractivity contribution in [3.05, 3.63) is 52.2 Å². The van der Waals surface area contributed by atoms with Crippen molar-refractivity contribution in [3.63, 3.8) is 0 Å². The number of amides is 3. The van der Waals surface area contributed by atoms with Crippen LogP contribution in [0.15, 0.2) is 41.1 Å². The van der Waals surface area contributed by atoms with Crippen LogP contribution in [0.2, 0.25) is 0 Å². The van der Waals surface area contributed by atoms with Gasteiger partial charge in [-0.15, -0.1) is 0 Å². The highest BCUT2D eigenvalue weighted by molar-refractivity contribution is 7.08. The van der Waals surface area contributed by atoms with Gasteiger partial charge in [0.25, 0.3) is 5.91 Å². The zero-order valence-corrected chi connectivity index (χ0v) is 19.4. The third kappa shape index (κ3) is 6.55. The summed E-state index contributed by atoms with van der Waals surface area (Å²) < 4.78 is 0. The number of hydrogen-bond acceptors (Lipinski definition) is 4. The molecule has 1 fully saturated rings. The summed E-state index contributed by atoms with van der Waals surface area (Å²) in [5.74, 6) is 0.0794. The SMILES string of the molecule is CCN(CC)C(CNC(=O)Nc1ccc(C(=O)N2CCCCCC2)cc1)c1ccsc1. The first kappa shape index (κ1) is 23.3. The van der Waals surface area contributed by atoms with Crippen LogP contribution >= 0.6 is 11.3 Å². The van der Waals surface area contributed by atoms with Crippen molar-refractivity contribution in [1.29, 1.82) is 0 Å². The Bertz CT molecular complexity index is 811. The van der Waals surface area contributed by atoms with E-state index in [1.54, 1.807) is 35.6 Å². The molecule has 3 amide bonds. The van der Waals surface area contributed by atoms with Gasteiger partial charge in [-0.1, -0.05) is 26.7 Å². The Morgan fingerprint density at radius 3 is 2.29 bits per heavy atom. The summed E-state index contributed by atoms with van der Waals surface area (Å²) in [5, 5.41) is 10.1. The Hall–Kier alpha value is -2.38. The van der Waals surface area contributed by atoms with E-state index >= 15 is 0 Å². The molecule has 7 heteroatoms. The first-order valence-electron chi connectivity index (χ1n) is 11.3. The lowest BCUT2D eigenvalue weighted by Crippen LogP contribution is -2.39. The molecule has 3 rings (SSSR count). The third-order valence-corrected chi connectivity index (χ3v) is 6.62. The second-order valence-electron chi connectivity index (χ2n) is 7.91. The maximum absolute atomic E-state index is 12.7. The van der Waals surface area contributed by atoms with E-state index in [1.807, 2.05) is 4.90 Å². The molecule has 0 bridgehead atoms. The van der Waals surface area contributed by atoms with E-state index in [4.69, 9.17) is 0 Å². The molecule has 0 saturated carbocycles. The zero-order valence-electron chi connectivity index (χ0n) is 18.6. The molecule has 2 aromatic rings. The number of rotatable bonds is 8. The first-order chi connectivity index (χ1) is 15.1. The molecule has 0 radical (unpaired) electrons. The number of hydrogen-bond donors (Lipinski definition) is 2. The molecule has 2 heterocycles. The van der Waals surface area contributed by atoms with Crippen molar-refractivity contribution in [2.45, 2.75) is 45.6 Å². The Labute approximate surface area is 189 Å². The van der Waals surface area contributed by atoms with E-state index in [0.29, 0.717) is 17.8 Å². The first-order valence-corrected chi connectivity index (χ1v) is 12.3. The minimum absolute atomic E-state index is 0.0794. The standard InChI is InChI=1S/C24H34N4O2S/c1-3-27(4-2)22(20-13-16-31-18-20)17-25-24(30)26-21-11-9-19(10-12-21)23(29)28-14-7-5-6-8-15-28/h9-13,16,18,22H,3-8,14-15,17H2,1-2H3,(H2,25,26,30). The highest BCUT2D eigenvalue weighted by Gasteiger charge is 2.20. The molecular weight excluding hydrogens is 408 g/mol. The molecule has 31 heavy (non-hydrogen) atoms. The molecule has 1 aliphatic rings. The van der Waals surface area contributed by atoms with Crippen molar-refractivity contribution in [3.8, 4) is 0 Å². The number of carbonyl (C=O) groups excluding carboxylic acids is 2. The molecule has 0 aliphatic carbocycles. The van der Waals surface area contributed by atoms with E-state index in [-0.39, 0.29) is 18.0 Å². The number of nitrogens with zero attached hydrogens (tertiary/aromatic N) is 2. The lowest BCUT2D eigenvalue weighted by atomic mass is 10.1. The van der Waals surface area contributed by atoms with Gasteiger partial charge >= 0.3 is 6.03 Å². The average molecular weight is 443 g/mol. The molecule has 1 saturated heterocycles. The number of benzene rings is 1. The second kappa shape index (κ2) is 11.9. The number of likely N-dealkylation sites (N-methyl/N-ethyl adjacent to an activating group) is 1. The third-order valence-electron chi connectivity index (χ3n) is 5.92. The van der Waals surface area contributed by atoms with Crippen molar-refractivity contribution in [2.75, 3.05) is 38.0 Å². The van der Waals surface area contributed by atoms with E-state index < -0.39 is 0 Å². The molecule has 1 aromatic carbocycles. The van der Waals surface area contributed by atoms with Crippen LogP contribution in [-0.4, -0.2) is 54.5 Å². The predicted octanol–water partition coefficient (Wildman–Crippen LogP) is 4.97. The molecule has 1 aromatic heterocycles. The molecule has 1 aliphatic heterocycles. The fourth-order valence-corrected chi connectivity index (χ4v) is 4.81. The smallest absolute Gasteiger partial charge is 0.319 e. The molecule has 1 unspecified atom stereocenters. The number of thiophene rings is 1. The van der Waals surface area contributed by atoms with Crippen molar-refractivity contribution >= 4 is 29.0 Å². The van der Waals surface area contributed by atoms with Gasteiger partial charge in [-0.2, -0.15) is 11.3 Å².